The molecule has 0 bridgehead atoms. The SMILES string of the molecule is COc1cc2c(cc1NS(=O)(=O)c1ccc(CNc3ccc(F)cc3)cc1)CCNCC2.Cl. The molecule has 3 aromatic rings. The molecule has 0 spiro atoms. The molecule has 176 valence electrons. The van der Waals surface area contributed by atoms with Crippen molar-refractivity contribution in [1.82, 2.24) is 5.32 Å². The summed E-state index contributed by atoms with van der Waals surface area (Å²) in [5.74, 6) is 0.217. The quantitative estimate of drug-likeness (QED) is 0.457. The van der Waals surface area contributed by atoms with Gasteiger partial charge in [-0.05, 0) is 91.2 Å². The van der Waals surface area contributed by atoms with Gasteiger partial charge in [0, 0.05) is 12.2 Å². The second-order valence-corrected chi connectivity index (χ2v) is 9.36. The molecule has 4 rings (SSSR count). The molecule has 0 saturated heterocycles. The van der Waals surface area contributed by atoms with Gasteiger partial charge in [-0.3, -0.25) is 4.72 Å². The molecule has 0 aromatic heterocycles. The van der Waals surface area contributed by atoms with E-state index in [-0.39, 0.29) is 23.1 Å². The molecule has 1 aliphatic rings. The maximum Gasteiger partial charge on any atom is 0.262 e. The van der Waals surface area contributed by atoms with Gasteiger partial charge in [-0.15, -0.1) is 12.4 Å². The van der Waals surface area contributed by atoms with E-state index < -0.39 is 10.0 Å². The highest BCUT2D eigenvalue weighted by molar-refractivity contribution is 7.92. The van der Waals surface area contributed by atoms with Crippen LogP contribution in [0.3, 0.4) is 0 Å². The van der Waals surface area contributed by atoms with Gasteiger partial charge < -0.3 is 15.4 Å². The van der Waals surface area contributed by atoms with Gasteiger partial charge in [0.2, 0.25) is 0 Å². The summed E-state index contributed by atoms with van der Waals surface area (Å²) in [6, 6.07) is 16.5. The van der Waals surface area contributed by atoms with Crippen molar-refractivity contribution in [3.05, 3.63) is 83.2 Å². The van der Waals surface area contributed by atoms with Crippen LogP contribution in [0, 0.1) is 5.82 Å². The van der Waals surface area contributed by atoms with Gasteiger partial charge in [0.1, 0.15) is 11.6 Å². The Balaban J connectivity index is 0.00000306. The van der Waals surface area contributed by atoms with Crippen LogP contribution in [-0.4, -0.2) is 28.6 Å². The largest absolute Gasteiger partial charge is 0.495 e. The third-order valence-electron chi connectivity index (χ3n) is 5.48. The zero-order valence-electron chi connectivity index (χ0n) is 18.2. The number of fused-ring (bicyclic) bond motifs is 1. The standard InChI is InChI=1S/C24H26FN3O3S.ClH/c1-31-24-15-19-11-13-26-12-10-18(19)14-23(24)28-32(29,30)22-8-2-17(3-9-22)16-27-21-6-4-20(25)5-7-21;/h2-9,14-15,26-28H,10-13,16H2,1H3;1H. The van der Waals surface area contributed by atoms with Crippen molar-refractivity contribution in [3.8, 4) is 5.75 Å². The highest BCUT2D eigenvalue weighted by Crippen LogP contribution is 2.31. The van der Waals surface area contributed by atoms with E-state index in [4.69, 9.17) is 4.74 Å². The first-order valence-corrected chi connectivity index (χ1v) is 11.9. The second kappa shape index (κ2) is 10.9. The van der Waals surface area contributed by atoms with Crippen LogP contribution in [0.4, 0.5) is 15.8 Å². The van der Waals surface area contributed by atoms with Crippen molar-refractivity contribution >= 4 is 33.8 Å². The van der Waals surface area contributed by atoms with Crippen LogP contribution < -0.4 is 20.1 Å². The Labute approximate surface area is 200 Å². The Morgan fingerprint density at radius 2 is 1.61 bits per heavy atom. The van der Waals surface area contributed by atoms with Crippen molar-refractivity contribution in [3.63, 3.8) is 0 Å². The molecule has 0 fully saturated rings. The summed E-state index contributed by atoms with van der Waals surface area (Å²) in [5, 5.41) is 6.53. The molecule has 6 nitrogen and oxygen atoms in total. The number of hydrogen-bond acceptors (Lipinski definition) is 5. The summed E-state index contributed by atoms with van der Waals surface area (Å²) in [5.41, 5.74) is 4.43. The summed E-state index contributed by atoms with van der Waals surface area (Å²) in [4.78, 5) is 0.168. The zero-order valence-corrected chi connectivity index (χ0v) is 19.9. The lowest BCUT2D eigenvalue weighted by Gasteiger charge is -2.16. The molecule has 0 radical (unpaired) electrons. The van der Waals surface area contributed by atoms with Gasteiger partial charge in [-0.2, -0.15) is 0 Å². The average molecular weight is 492 g/mol. The number of nitrogens with one attached hydrogen (secondary N) is 3. The lowest BCUT2D eigenvalue weighted by molar-refractivity contribution is 0.416. The van der Waals surface area contributed by atoms with Crippen LogP contribution in [0.5, 0.6) is 5.75 Å². The number of ether oxygens (including phenoxy) is 1. The molecule has 3 N–H and O–H groups in total. The van der Waals surface area contributed by atoms with Crippen molar-refractivity contribution in [2.24, 2.45) is 0 Å². The Bertz CT molecular complexity index is 1190. The third-order valence-corrected chi connectivity index (χ3v) is 6.86. The molecule has 33 heavy (non-hydrogen) atoms. The predicted octanol–water partition coefficient (Wildman–Crippen LogP) is 4.36. The van der Waals surface area contributed by atoms with Crippen LogP contribution in [0.15, 0.2) is 65.6 Å². The summed E-state index contributed by atoms with van der Waals surface area (Å²) < 4.78 is 47.1. The highest BCUT2D eigenvalue weighted by atomic mass is 35.5. The van der Waals surface area contributed by atoms with Gasteiger partial charge >= 0.3 is 0 Å². The molecule has 0 unspecified atom stereocenters. The lowest BCUT2D eigenvalue weighted by atomic mass is 10.0. The van der Waals surface area contributed by atoms with Gasteiger partial charge in [0.05, 0.1) is 17.7 Å². The van der Waals surface area contributed by atoms with Crippen LogP contribution >= 0.6 is 12.4 Å². The number of anilines is 2. The normalized spacial score (nSPS) is 13.3. The molecule has 1 heterocycles. The van der Waals surface area contributed by atoms with Crippen LogP contribution in [0.1, 0.15) is 16.7 Å². The smallest absolute Gasteiger partial charge is 0.262 e. The zero-order chi connectivity index (χ0) is 22.6. The van der Waals surface area contributed by atoms with E-state index in [9.17, 15) is 12.8 Å². The lowest BCUT2D eigenvalue weighted by Crippen LogP contribution is -2.16. The van der Waals surface area contributed by atoms with E-state index in [1.165, 1.54) is 24.8 Å². The minimum absolute atomic E-state index is 0. The molecule has 3 aromatic carbocycles. The molecule has 0 aliphatic carbocycles. The van der Waals surface area contributed by atoms with E-state index in [0.29, 0.717) is 18.0 Å². The molecule has 0 amide bonds. The average Bonchev–Trinajstić information content (AvgIpc) is 3.03. The summed E-state index contributed by atoms with van der Waals surface area (Å²) >= 11 is 0. The fourth-order valence-corrected chi connectivity index (χ4v) is 4.78. The summed E-state index contributed by atoms with van der Waals surface area (Å²) in [6.07, 6.45) is 1.72. The van der Waals surface area contributed by atoms with Crippen LogP contribution in [-0.2, 0) is 29.4 Å². The van der Waals surface area contributed by atoms with E-state index in [2.05, 4.69) is 15.4 Å². The van der Waals surface area contributed by atoms with Gasteiger partial charge in [0.25, 0.3) is 10.0 Å². The minimum Gasteiger partial charge on any atom is -0.495 e. The van der Waals surface area contributed by atoms with Crippen LogP contribution in [0.25, 0.3) is 0 Å². The van der Waals surface area contributed by atoms with E-state index in [1.54, 1.807) is 36.4 Å². The fraction of sp³-hybridized carbons (Fsp3) is 0.250. The topological polar surface area (TPSA) is 79.5 Å². The number of halogens is 2. The minimum atomic E-state index is -3.78. The Kier molecular flexibility index (Phi) is 8.18. The Morgan fingerprint density at radius 1 is 0.970 bits per heavy atom. The van der Waals surface area contributed by atoms with Crippen molar-refractivity contribution < 1.29 is 17.5 Å². The van der Waals surface area contributed by atoms with Crippen molar-refractivity contribution in [2.45, 2.75) is 24.3 Å². The summed E-state index contributed by atoms with van der Waals surface area (Å²) in [6.45, 7) is 2.24. The molecular formula is C24H27ClFN3O3S. The molecule has 1 aliphatic heterocycles. The number of rotatable bonds is 7. The van der Waals surface area contributed by atoms with Gasteiger partial charge in [-0.25, -0.2) is 12.8 Å². The Morgan fingerprint density at radius 3 is 2.24 bits per heavy atom. The first-order chi connectivity index (χ1) is 15.4. The molecular weight excluding hydrogens is 465 g/mol. The molecule has 0 atom stereocenters. The number of benzene rings is 3. The van der Waals surface area contributed by atoms with E-state index in [0.717, 1.165) is 42.7 Å². The van der Waals surface area contributed by atoms with E-state index in [1.807, 2.05) is 12.1 Å². The number of methoxy groups -OCH3 is 1. The first kappa shape index (κ1) is 24.8. The van der Waals surface area contributed by atoms with Gasteiger partial charge in [0.15, 0.2) is 0 Å². The van der Waals surface area contributed by atoms with E-state index >= 15 is 0 Å². The maximum atomic E-state index is 13.0. The molecule has 9 heteroatoms. The molecule has 0 saturated carbocycles. The van der Waals surface area contributed by atoms with Crippen molar-refractivity contribution in [1.29, 1.82) is 0 Å². The highest BCUT2D eigenvalue weighted by Gasteiger charge is 2.19. The third kappa shape index (κ3) is 6.16. The van der Waals surface area contributed by atoms with Crippen LogP contribution in [0.2, 0.25) is 0 Å². The number of sulfonamides is 1. The monoisotopic (exact) mass is 491 g/mol. The fourth-order valence-electron chi connectivity index (χ4n) is 3.71. The maximum absolute atomic E-state index is 13.0. The summed E-state index contributed by atoms with van der Waals surface area (Å²) in [7, 11) is -2.24. The first-order valence-electron chi connectivity index (χ1n) is 10.5. The Hall–Kier alpha value is -2.81. The van der Waals surface area contributed by atoms with Crippen molar-refractivity contribution in [2.75, 3.05) is 30.2 Å². The second-order valence-electron chi connectivity index (χ2n) is 7.68. The number of hydrogen-bond donors (Lipinski definition) is 3. The predicted molar refractivity (Wildman–Crippen MR) is 131 cm³/mol. The van der Waals surface area contributed by atoms with Gasteiger partial charge in [-0.1, -0.05) is 12.1 Å².